The number of carbonyl (C=O) groups excluding carboxylic acids is 1. The SMILES string of the molecule is CCC1C[C@@H]2CN(C(=O)OC(C)(C)CC)C[C@]2(c2ccc(C)c(Cl)c2)C1. The highest BCUT2D eigenvalue weighted by Gasteiger charge is 2.54. The second kappa shape index (κ2) is 7.07. The lowest BCUT2D eigenvalue weighted by atomic mass is 9.74. The average molecular weight is 378 g/mol. The summed E-state index contributed by atoms with van der Waals surface area (Å²) in [5.74, 6) is 1.22. The molecule has 1 saturated heterocycles. The van der Waals surface area contributed by atoms with Gasteiger partial charge in [-0.1, -0.05) is 44.0 Å². The van der Waals surface area contributed by atoms with Gasteiger partial charge in [0, 0.05) is 23.5 Å². The zero-order chi connectivity index (χ0) is 19.1. The second-order valence-corrected chi connectivity index (χ2v) is 9.30. The number of hydrogen-bond acceptors (Lipinski definition) is 2. The summed E-state index contributed by atoms with van der Waals surface area (Å²) in [6.45, 7) is 11.8. The van der Waals surface area contributed by atoms with Crippen LogP contribution in [0.15, 0.2) is 18.2 Å². The highest BCUT2D eigenvalue weighted by molar-refractivity contribution is 6.31. The fourth-order valence-corrected chi connectivity index (χ4v) is 4.86. The number of halogens is 1. The molecule has 3 atom stereocenters. The van der Waals surface area contributed by atoms with Gasteiger partial charge in [-0.3, -0.25) is 0 Å². The first kappa shape index (κ1) is 19.5. The molecule has 1 unspecified atom stereocenters. The van der Waals surface area contributed by atoms with Crippen LogP contribution in [0.1, 0.15) is 64.5 Å². The van der Waals surface area contributed by atoms with Crippen molar-refractivity contribution in [3.05, 3.63) is 34.3 Å². The third kappa shape index (κ3) is 3.47. The van der Waals surface area contributed by atoms with Gasteiger partial charge in [0.05, 0.1) is 0 Å². The number of fused-ring (bicyclic) bond motifs is 1. The number of nitrogens with zero attached hydrogens (tertiary/aromatic N) is 1. The van der Waals surface area contributed by atoms with Crippen LogP contribution in [0.25, 0.3) is 0 Å². The van der Waals surface area contributed by atoms with E-state index >= 15 is 0 Å². The molecule has 0 spiro atoms. The Morgan fingerprint density at radius 1 is 1.38 bits per heavy atom. The van der Waals surface area contributed by atoms with Crippen LogP contribution in [-0.4, -0.2) is 29.7 Å². The number of rotatable bonds is 4. The number of likely N-dealkylation sites (tertiary alicyclic amines) is 1. The first-order valence-electron chi connectivity index (χ1n) is 9.95. The smallest absolute Gasteiger partial charge is 0.410 e. The molecule has 0 N–H and O–H groups in total. The van der Waals surface area contributed by atoms with E-state index in [1.807, 2.05) is 32.6 Å². The number of aryl methyl sites for hydroxylation is 1. The van der Waals surface area contributed by atoms with Gasteiger partial charge in [-0.2, -0.15) is 0 Å². The van der Waals surface area contributed by atoms with Gasteiger partial charge in [0.15, 0.2) is 0 Å². The van der Waals surface area contributed by atoms with Crippen LogP contribution in [0.4, 0.5) is 4.79 Å². The maximum absolute atomic E-state index is 12.8. The predicted molar refractivity (Wildman–Crippen MR) is 107 cm³/mol. The summed E-state index contributed by atoms with van der Waals surface area (Å²) in [6.07, 6.45) is 4.16. The van der Waals surface area contributed by atoms with Gasteiger partial charge in [0.25, 0.3) is 0 Å². The molecule has 2 aliphatic rings. The second-order valence-electron chi connectivity index (χ2n) is 8.89. The summed E-state index contributed by atoms with van der Waals surface area (Å²) in [5, 5.41) is 0.823. The van der Waals surface area contributed by atoms with E-state index in [9.17, 15) is 4.79 Å². The first-order chi connectivity index (χ1) is 12.2. The summed E-state index contributed by atoms with van der Waals surface area (Å²) in [6, 6.07) is 6.47. The Labute approximate surface area is 163 Å². The summed E-state index contributed by atoms with van der Waals surface area (Å²) >= 11 is 6.45. The summed E-state index contributed by atoms with van der Waals surface area (Å²) in [7, 11) is 0. The van der Waals surface area contributed by atoms with Crippen molar-refractivity contribution in [3.63, 3.8) is 0 Å². The van der Waals surface area contributed by atoms with Gasteiger partial charge in [-0.25, -0.2) is 4.79 Å². The van der Waals surface area contributed by atoms with Crippen molar-refractivity contribution in [2.75, 3.05) is 13.1 Å². The maximum atomic E-state index is 12.8. The van der Waals surface area contributed by atoms with E-state index in [0.29, 0.717) is 5.92 Å². The van der Waals surface area contributed by atoms with Crippen LogP contribution in [0.3, 0.4) is 0 Å². The Hall–Kier alpha value is -1.22. The topological polar surface area (TPSA) is 29.5 Å². The molecule has 1 aromatic rings. The Morgan fingerprint density at radius 2 is 2.12 bits per heavy atom. The largest absolute Gasteiger partial charge is 0.443 e. The van der Waals surface area contributed by atoms with E-state index in [0.717, 1.165) is 42.4 Å². The molecule has 1 heterocycles. The summed E-state index contributed by atoms with van der Waals surface area (Å²) in [4.78, 5) is 14.7. The van der Waals surface area contributed by atoms with Gasteiger partial charge < -0.3 is 9.64 Å². The lowest BCUT2D eigenvalue weighted by Crippen LogP contribution is -2.39. The standard InChI is InChI=1S/C22H32ClNO2/c1-6-16-10-18-13-24(20(25)26-21(4,5)7-2)14-22(18,12-16)17-9-8-15(3)19(23)11-17/h8-9,11,16,18H,6-7,10,12-14H2,1-5H3/t16?,18-,22+/m1/s1. The molecule has 1 amide bonds. The lowest BCUT2D eigenvalue weighted by molar-refractivity contribution is 0.0135. The molecule has 3 rings (SSSR count). The predicted octanol–water partition coefficient (Wildman–Crippen LogP) is 5.96. The van der Waals surface area contributed by atoms with Crippen molar-refractivity contribution in [1.29, 1.82) is 0 Å². The van der Waals surface area contributed by atoms with Crippen LogP contribution >= 0.6 is 11.6 Å². The van der Waals surface area contributed by atoms with Crippen LogP contribution in [0.2, 0.25) is 5.02 Å². The number of carbonyl (C=O) groups is 1. The number of ether oxygens (including phenoxy) is 1. The molecule has 4 heteroatoms. The Balaban J connectivity index is 1.88. The molecule has 2 fully saturated rings. The maximum Gasteiger partial charge on any atom is 0.410 e. The van der Waals surface area contributed by atoms with Crippen molar-refractivity contribution in [2.45, 2.75) is 71.3 Å². The van der Waals surface area contributed by atoms with Crippen molar-refractivity contribution in [3.8, 4) is 0 Å². The van der Waals surface area contributed by atoms with Crippen molar-refractivity contribution < 1.29 is 9.53 Å². The van der Waals surface area contributed by atoms with Crippen LogP contribution in [-0.2, 0) is 10.2 Å². The fourth-order valence-electron chi connectivity index (χ4n) is 4.68. The molecular formula is C22H32ClNO2. The van der Waals surface area contributed by atoms with Crippen molar-refractivity contribution in [1.82, 2.24) is 4.90 Å². The Bertz CT molecular complexity index is 687. The molecule has 1 aromatic carbocycles. The Morgan fingerprint density at radius 3 is 2.73 bits per heavy atom. The normalized spacial score (nSPS) is 28.3. The highest BCUT2D eigenvalue weighted by Crippen LogP contribution is 2.54. The summed E-state index contributed by atoms with van der Waals surface area (Å²) in [5.41, 5.74) is 2.00. The van der Waals surface area contributed by atoms with Gasteiger partial charge >= 0.3 is 6.09 Å². The third-order valence-corrected chi connectivity index (χ3v) is 7.17. The van der Waals surface area contributed by atoms with Crippen LogP contribution < -0.4 is 0 Å². The van der Waals surface area contributed by atoms with E-state index in [-0.39, 0.29) is 11.5 Å². The van der Waals surface area contributed by atoms with Crippen molar-refractivity contribution >= 4 is 17.7 Å². The summed E-state index contributed by atoms with van der Waals surface area (Å²) < 4.78 is 5.77. The number of benzene rings is 1. The third-order valence-electron chi connectivity index (χ3n) is 6.76. The van der Waals surface area contributed by atoms with E-state index in [2.05, 4.69) is 25.1 Å². The molecule has 144 valence electrons. The van der Waals surface area contributed by atoms with Gasteiger partial charge in [0.2, 0.25) is 0 Å². The molecule has 1 aliphatic heterocycles. The molecule has 3 nitrogen and oxygen atoms in total. The average Bonchev–Trinajstić information content (AvgIpc) is 3.11. The van der Waals surface area contributed by atoms with Crippen LogP contribution in [0.5, 0.6) is 0 Å². The van der Waals surface area contributed by atoms with Gasteiger partial charge in [-0.15, -0.1) is 0 Å². The van der Waals surface area contributed by atoms with Crippen molar-refractivity contribution in [2.24, 2.45) is 11.8 Å². The zero-order valence-corrected chi connectivity index (χ0v) is 17.5. The highest BCUT2D eigenvalue weighted by atomic mass is 35.5. The van der Waals surface area contributed by atoms with E-state index < -0.39 is 5.60 Å². The van der Waals surface area contributed by atoms with E-state index in [1.165, 1.54) is 18.4 Å². The number of hydrogen-bond donors (Lipinski definition) is 0. The molecule has 1 aliphatic carbocycles. The fraction of sp³-hybridized carbons (Fsp3) is 0.682. The Kier molecular flexibility index (Phi) is 5.31. The number of amides is 1. The molecule has 0 radical (unpaired) electrons. The minimum absolute atomic E-state index is 0.0212. The van der Waals surface area contributed by atoms with Gasteiger partial charge in [-0.05, 0) is 69.1 Å². The molecule has 1 saturated carbocycles. The quantitative estimate of drug-likeness (QED) is 0.647. The minimum Gasteiger partial charge on any atom is -0.443 e. The van der Waals surface area contributed by atoms with Crippen LogP contribution in [0, 0.1) is 18.8 Å². The monoisotopic (exact) mass is 377 g/mol. The molecule has 0 bridgehead atoms. The molecular weight excluding hydrogens is 346 g/mol. The van der Waals surface area contributed by atoms with Gasteiger partial charge in [0.1, 0.15) is 5.60 Å². The van der Waals surface area contributed by atoms with E-state index in [1.54, 1.807) is 0 Å². The first-order valence-corrected chi connectivity index (χ1v) is 10.3. The molecule has 0 aromatic heterocycles. The van der Waals surface area contributed by atoms with E-state index in [4.69, 9.17) is 16.3 Å². The molecule has 26 heavy (non-hydrogen) atoms. The lowest BCUT2D eigenvalue weighted by Gasteiger charge is -2.31. The zero-order valence-electron chi connectivity index (χ0n) is 16.8. The minimum atomic E-state index is -0.416.